The zero-order chi connectivity index (χ0) is 24.0. The maximum atomic E-state index is 12.7. The van der Waals surface area contributed by atoms with Crippen LogP contribution < -0.4 is 14.8 Å². The number of likely N-dealkylation sites (N-methyl/N-ethyl adjacent to an activating group) is 1. The Hall–Kier alpha value is -3.36. The van der Waals surface area contributed by atoms with Crippen LogP contribution in [0.15, 0.2) is 77.7 Å². The fraction of sp³-hybridized carbons (Fsp3) is 0.240. The van der Waals surface area contributed by atoms with Gasteiger partial charge < -0.3 is 15.0 Å². The standard InChI is InChI=1S/C25H29N3O4S/c1-18-7-5-6-8-23(18)27-33(30,31)22-15-11-20(12-16-22)25(29)26-17-24(28(2)3)19-9-13-21(32-4)14-10-19/h5-16,24,27H,17H2,1-4H3,(H,26,29). The molecule has 1 unspecified atom stereocenters. The maximum Gasteiger partial charge on any atom is 0.261 e. The van der Waals surface area contributed by atoms with E-state index in [4.69, 9.17) is 4.74 Å². The lowest BCUT2D eigenvalue weighted by molar-refractivity contribution is 0.0942. The molecule has 0 aliphatic carbocycles. The van der Waals surface area contributed by atoms with Crippen LogP contribution in [0.1, 0.15) is 27.5 Å². The number of carbonyl (C=O) groups is 1. The number of benzene rings is 3. The third-order valence-corrected chi connectivity index (χ3v) is 6.78. The number of aryl methyl sites for hydroxylation is 1. The molecule has 3 rings (SSSR count). The van der Waals surface area contributed by atoms with Crippen molar-refractivity contribution in [3.63, 3.8) is 0 Å². The molecule has 3 aromatic rings. The minimum atomic E-state index is -3.76. The molecular formula is C25H29N3O4S. The summed E-state index contributed by atoms with van der Waals surface area (Å²) in [6, 6.07) is 20.7. The van der Waals surface area contributed by atoms with Crippen molar-refractivity contribution in [3.8, 4) is 5.75 Å². The number of rotatable bonds is 9. The number of nitrogens with zero attached hydrogens (tertiary/aromatic N) is 1. The number of nitrogens with one attached hydrogen (secondary N) is 2. The highest BCUT2D eigenvalue weighted by atomic mass is 32.2. The number of amides is 1. The molecule has 0 saturated heterocycles. The largest absolute Gasteiger partial charge is 0.497 e. The van der Waals surface area contributed by atoms with Crippen molar-refractivity contribution in [3.05, 3.63) is 89.5 Å². The first-order valence-electron chi connectivity index (χ1n) is 10.5. The van der Waals surface area contributed by atoms with E-state index in [1.807, 2.05) is 62.3 Å². The Balaban J connectivity index is 1.67. The summed E-state index contributed by atoms with van der Waals surface area (Å²) in [6.07, 6.45) is 0. The van der Waals surface area contributed by atoms with Crippen LogP contribution in [-0.4, -0.2) is 47.0 Å². The summed E-state index contributed by atoms with van der Waals surface area (Å²) in [4.78, 5) is 14.8. The van der Waals surface area contributed by atoms with Crippen LogP contribution in [0.4, 0.5) is 5.69 Å². The van der Waals surface area contributed by atoms with E-state index in [1.54, 1.807) is 19.2 Å². The highest BCUT2D eigenvalue weighted by Crippen LogP contribution is 2.22. The molecular weight excluding hydrogens is 438 g/mol. The first-order valence-corrected chi connectivity index (χ1v) is 12.0. The molecule has 0 fully saturated rings. The zero-order valence-corrected chi connectivity index (χ0v) is 20.0. The highest BCUT2D eigenvalue weighted by molar-refractivity contribution is 7.92. The van der Waals surface area contributed by atoms with Gasteiger partial charge in [0.25, 0.3) is 15.9 Å². The van der Waals surface area contributed by atoms with E-state index < -0.39 is 10.0 Å². The van der Waals surface area contributed by atoms with E-state index in [0.29, 0.717) is 17.8 Å². The van der Waals surface area contributed by atoms with E-state index in [1.165, 1.54) is 24.3 Å². The lowest BCUT2D eigenvalue weighted by Gasteiger charge is -2.25. The molecule has 1 atom stereocenters. The predicted molar refractivity (Wildman–Crippen MR) is 130 cm³/mol. The average molecular weight is 468 g/mol. The smallest absolute Gasteiger partial charge is 0.261 e. The van der Waals surface area contributed by atoms with Gasteiger partial charge in [0, 0.05) is 12.1 Å². The Morgan fingerprint density at radius 3 is 2.18 bits per heavy atom. The van der Waals surface area contributed by atoms with Gasteiger partial charge >= 0.3 is 0 Å². The monoisotopic (exact) mass is 467 g/mol. The second-order valence-electron chi connectivity index (χ2n) is 7.91. The summed E-state index contributed by atoms with van der Waals surface area (Å²) >= 11 is 0. The van der Waals surface area contributed by atoms with Crippen LogP contribution in [0.3, 0.4) is 0 Å². The summed E-state index contributed by atoms with van der Waals surface area (Å²) in [5.41, 5.74) is 2.78. The summed E-state index contributed by atoms with van der Waals surface area (Å²) in [5, 5.41) is 2.94. The Bertz CT molecular complexity index is 1190. The molecule has 7 nitrogen and oxygen atoms in total. The molecule has 3 aromatic carbocycles. The molecule has 33 heavy (non-hydrogen) atoms. The third-order valence-electron chi connectivity index (χ3n) is 5.40. The molecule has 0 spiro atoms. The maximum absolute atomic E-state index is 12.7. The molecule has 0 aliphatic rings. The topological polar surface area (TPSA) is 87.7 Å². The molecule has 0 bridgehead atoms. The van der Waals surface area contributed by atoms with Gasteiger partial charge in [-0.05, 0) is 74.6 Å². The van der Waals surface area contributed by atoms with Gasteiger partial charge in [-0.3, -0.25) is 9.52 Å². The van der Waals surface area contributed by atoms with Crippen LogP contribution in [0.25, 0.3) is 0 Å². The number of ether oxygens (including phenoxy) is 1. The summed E-state index contributed by atoms with van der Waals surface area (Å²) < 4.78 is 33.2. The van der Waals surface area contributed by atoms with Gasteiger partial charge in [0.05, 0.1) is 23.7 Å². The number of para-hydroxylation sites is 1. The van der Waals surface area contributed by atoms with Crippen LogP contribution in [0.2, 0.25) is 0 Å². The average Bonchev–Trinajstić information content (AvgIpc) is 2.81. The number of sulfonamides is 1. The molecule has 174 valence electrons. The summed E-state index contributed by atoms with van der Waals surface area (Å²) in [5.74, 6) is 0.499. The lowest BCUT2D eigenvalue weighted by atomic mass is 10.1. The van der Waals surface area contributed by atoms with Gasteiger partial charge in [-0.25, -0.2) is 8.42 Å². The molecule has 2 N–H and O–H groups in total. The number of carbonyl (C=O) groups excluding carboxylic acids is 1. The quantitative estimate of drug-likeness (QED) is 0.499. The minimum absolute atomic E-state index is 0.0298. The van der Waals surface area contributed by atoms with Crippen molar-refractivity contribution < 1.29 is 17.9 Å². The van der Waals surface area contributed by atoms with Crippen LogP contribution >= 0.6 is 0 Å². The zero-order valence-electron chi connectivity index (χ0n) is 19.2. The van der Waals surface area contributed by atoms with Crippen LogP contribution in [0, 0.1) is 6.92 Å². The first kappa shape index (κ1) is 24.3. The lowest BCUT2D eigenvalue weighted by Crippen LogP contribution is -2.34. The first-order chi connectivity index (χ1) is 15.7. The van der Waals surface area contributed by atoms with E-state index in [2.05, 4.69) is 10.0 Å². The van der Waals surface area contributed by atoms with Crippen LogP contribution in [-0.2, 0) is 10.0 Å². The fourth-order valence-corrected chi connectivity index (χ4v) is 4.52. The number of hydrogen-bond donors (Lipinski definition) is 2. The Kier molecular flexibility index (Phi) is 7.73. The summed E-state index contributed by atoms with van der Waals surface area (Å²) in [7, 11) is 1.76. The van der Waals surface area contributed by atoms with Crippen molar-refractivity contribution in [1.29, 1.82) is 0 Å². The second kappa shape index (κ2) is 10.5. The molecule has 1 amide bonds. The minimum Gasteiger partial charge on any atom is -0.497 e. The van der Waals surface area contributed by atoms with Crippen molar-refractivity contribution in [2.75, 3.05) is 32.5 Å². The molecule has 0 saturated carbocycles. The van der Waals surface area contributed by atoms with Gasteiger partial charge in [0.2, 0.25) is 0 Å². The Labute approximate surface area is 195 Å². The van der Waals surface area contributed by atoms with Gasteiger partial charge in [-0.15, -0.1) is 0 Å². The van der Waals surface area contributed by atoms with Gasteiger partial charge in [-0.1, -0.05) is 30.3 Å². The Morgan fingerprint density at radius 1 is 0.970 bits per heavy atom. The summed E-state index contributed by atoms with van der Waals surface area (Å²) in [6.45, 7) is 2.23. The molecule has 0 heterocycles. The van der Waals surface area contributed by atoms with E-state index in [0.717, 1.165) is 16.9 Å². The third kappa shape index (κ3) is 6.12. The molecule has 8 heteroatoms. The van der Waals surface area contributed by atoms with Gasteiger partial charge in [0.1, 0.15) is 5.75 Å². The van der Waals surface area contributed by atoms with Gasteiger partial charge in [0.15, 0.2) is 0 Å². The fourth-order valence-electron chi connectivity index (χ4n) is 3.39. The predicted octanol–water partition coefficient (Wildman–Crippen LogP) is 3.84. The Morgan fingerprint density at radius 2 is 1.61 bits per heavy atom. The van der Waals surface area contributed by atoms with Crippen molar-refractivity contribution in [2.45, 2.75) is 17.9 Å². The molecule has 0 aromatic heterocycles. The second-order valence-corrected chi connectivity index (χ2v) is 9.59. The highest BCUT2D eigenvalue weighted by Gasteiger charge is 2.18. The number of hydrogen-bond acceptors (Lipinski definition) is 5. The number of anilines is 1. The van der Waals surface area contributed by atoms with E-state index in [-0.39, 0.29) is 16.8 Å². The molecule has 0 radical (unpaired) electrons. The van der Waals surface area contributed by atoms with E-state index >= 15 is 0 Å². The van der Waals surface area contributed by atoms with E-state index in [9.17, 15) is 13.2 Å². The molecule has 0 aliphatic heterocycles. The number of methoxy groups -OCH3 is 1. The van der Waals surface area contributed by atoms with Crippen molar-refractivity contribution in [1.82, 2.24) is 10.2 Å². The SMILES string of the molecule is COc1ccc(C(CNC(=O)c2ccc(S(=O)(=O)Nc3ccccc3C)cc2)N(C)C)cc1. The normalized spacial score (nSPS) is 12.3. The van der Waals surface area contributed by atoms with Crippen molar-refractivity contribution >= 4 is 21.6 Å². The van der Waals surface area contributed by atoms with Gasteiger partial charge in [-0.2, -0.15) is 0 Å². The van der Waals surface area contributed by atoms with Crippen LogP contribution in [0.5, 0.6) is 5.75 Å². The van der Waals surface area contributed by atoms with Crippen molar-refractivity contribution in [2.24, 2.45) is 0 Å².